The Labute approximate surface area is 204 Å². The quantitative estimate of drug-likeness (QED) is 0.267. The van der Waals surface area contributed by atoms with Crippen molar-refractivity contribution in [2.45, 2.75) is 53.5 Å². The van der Waals surface area contributed by atoms with Crippen molar-refractivity contribution in [3.63, 3.8) is 0 Å². The van der Waals surface area contributed by atoms with E-state index in [0.29, 0.717) is 29.4 Å². The number of carbonyl (C=O) groups is 2. The minimum atomic E-state index is -0.697. The first kappa shape index (κ1) is 24.9. The fraction of sp³-hybridized carbons (Fsp3) is 0.458. The molecule has 0 unspecified atom stereocenters. The van der Waals surface area contributed by atoms with Gasteiger partial charge in [-0.05, 0) is 57.2 Å². The third-order valence-corrected chi connectivity index (χ3v) is 8.18. The summed E-state index contributed by atoms with van der Waals surface area (Å²) in [5.41, 5.74) is 1.84. The van der Waals surface area contributed by atoms with Gasteiger partial charge in [-0.3, -0.25) is 4.79 Å². The molecular weight excluding hydrogens is 462 g/mol. The minimum Gasteiger partial charge on any atom is -0.494 e. The number of thioether (sulfide) groups is 2. The minimum absolute atomic E-state index is 0.0406. The predicted octanol–water partition coefficient (Wildman–Crippen LogP) is 6.18. The molecule has 0 spiro atoms. The molecule has 172 valence electrons. The monoisotopic (exact) mass is 491 g/mol. The molecule has 2 aliphatic rings. The average molecular weight is 492 g/mol. The van der Waals surface area contributed by atoms with E-state index in [0.717, 1.165) is 26.8 Å². The van der Waals surface area contributed by atoms with Crippen molar-refractivity contribution in [2.75, 3.05) is 18.1 Å². The molecule has 2 aliphatic heterocycles. The fourth-order valence-electron chi connectivity index (χ4n) is 3.74. The maximum atomic E-state index is 13.3. The second kappa shape index (κ2) is 10.0. The molecule has 0 radical (unpaired) electrons. The van der Waals surface area contributed by atoms with Gasteiger partial charge < -0.3 is 14.4 Å². The van der Waals surface area contributed by atoms with E-state index in [1.165, 1.54) is 23.5 Å². The second-order valence-electron chi connectivity index (χ2n) is 8.41. The number of thiocarbonyl (C=S) groups is 1. The standard InChI is InChI=1S/C24H29NO4S3/c1-7-28-15-9-10-17-16(12-15)20(23-31-13-18(32-23)22(27)29-8-2)21(30)24(5,6)25(17)19(26)11-14(3)4/h9-10,12-14H,7-8,11H2,1-6H3. The van der Waals surface area contributed by atoms with Crippen LogP contribution in [0.1, 0.15) is 53.5 Å². The van der Waals surface area contributed by atoms with Crippen LogP contribution in [0.25, 0.3) is 5.57 Å². The van der Waals surface area contributed by atoms with E-state index in [1.807, 2.05) is 63.1 Å². The van der Waals surface area contributed by atoms with Crippen LogP contribution in [-0.2, 0) is 14.3 Å². The largest absolute Gasteiger partial charge is 0.494 e. The van der Waals surface area contributed by atoms with Crippen LogP contribution in [0.5, 0.6) is 5.75 Å². The third kappa shape index (κ3) is 4.77. The lowest BCUT2D eigenvalue weighted by Crippen LogP contribution is -2.56. The van der Waals surface area contributed by atoms with Crippen molar-refractivity contribution in [1.29, 1.82) is 0 Å². The van der Waals surface area contributed by atoms with Crippen molar-refractivity contribution in [1.82, 2.24) is 0 Å². The Morgan fingerprint density at radius 1 is 1.19 bits per heavy atom. The van der Waals surface area contributed by atoms with E-state index >= 15 is 0 Å². The van der Waals surface area contributed by atoms with Gasteiger partial charge in [0.05, 0.1) is 33.5 Å². The fourth-order valence-corrected chi connectivity index (χ4v) is 6.42. The van der Waals surface area contributed by atoms with Crippen LogP contribution >= 0.6 is 35.7 Å². The first-order valence-corrected chi connectivity index (χ1v) is 12.8. The van der Waals surface area contributed by atoms with Crippen LogP contribution in [-0.4, -0.2) is 35.5 Å². The normalized spacial score (nSPS) is 19.7. The Bertz CT molecular complexity index is 1010. The van der Waals surface area contributed by atoms with Gasteiger partial charge in [0.1, 0.15) is 10.7 Å². The molecule has 0 aromatic heterocycles. The molecule has 0 aliphatic carbocycles. The smallest absolute Gasteiger partial charge is 0.345 e. The van der Waals surface area contributed by atoms with E-state index in [1.54, 1.807) is 6.92 Å². The van der Waals surface area contributed by atoms with Crippen molar-refractivity contribution < 1.29 is 19.1 Å². The van der Waals surface area contributed by atoms with Gasteiger partial charge in [0.15, 0.2) is 0 Å². The van der Waals surface area contributed by atoms with Gasteiger partial charge in [-0.25, -0.2) is 4.79 Å². The Kier molecular flexibility index (Phi) is 7.78. The van der Waals surface area contributed by atoms with Gasteiger partial charge in [-0.1, -0.05) is 49.6 Å². The summed E-state index contributed by atoms with van der Waals surface area (Å²) in [4.78, 5) is 28.6. The Morgan fingerprint density at radius 2 is 1.91 bits per heavy atom. The van der Waals surface area contributed by atoms with Gasteiger partial charge >= 0.3 is 5.97 Å². The SMILES string of the molecule is CCOC(=O)C1=CSC(=C2C(=S)C(C)(C)N(C(=O)CC(C)C)c3ccc(OCC)cc32)S1. The van der Waals surface area contributed by atoms with Gasteiger partial charge in [0, 0.05) is 17.6 Å². The highest BCUT2D eigenvalue weighted by Gasteiger charge is 2.45. The third-order valence-electron chi connectivity index (χ3n) is 5.12. The highest BCUT2D eigenvalue weighted by Crippen LogP contribution is 2.53. The molecule has 0 N–H and O–H groups in total. The lowest BCUT2D eigenvalue weighted by molar-refractivity contribution is -0.137. The molecule has 1 amide bonds. The molecule has 0 bridgehead atoms. The van der Waals surface area contributed by atoms with Gasteiger partial charge in [0.2, 0.25) is 5.91 Å². The molecule has 0 atom stereocenters. The van der Waals surface area contributed by atoms with Crippen LogP contribution in [0, 0.1) is 5.92 Å². The molecule has 3 rings (SSSR count). The number of nitrogens with zero attached hydrogens (tertiary/aromatic N) is 1. The van der Waals surface area contributed by atoms with E-state index in [-0.39, 0.29) is 17.8 Å². The number of anilines is 1. The highest BCUT2D eigenvalue weighted by atomic mass is 32.2. The summed E-state index contributed by atoms with van der Waals surface area (Å²) in [5.74, 6) is 0.655. The predicted molar refractivity (Wildman–Crippen MR) is 138 cm³/mol. The van der Waals surface area contributed by atoms with E-state index in [4.69, 9.17) is 21.7 Å². The summed E-state index contributed by atoms with van der Waals surface area (Å²) in [5, 5.41) is 1.81. The number of benzene rings is 1. The number of amides is 1. The molecule has 8 heteroatoms. The van der Waals surface area contributed by atoms with Crippen LogP contribution in [0.15, 0.2) is 32.7 Å². The highest BCUT2D eigenvalue weighted by molar-refractivity contribution is 8.28. The summed E-state index contributed by atoms with van der Waals surface area (Å²) in [7, 11) is 0. The first-order chi connectivity index (χ1) is 15.1. The summed E-state index contributed by atoms with van der Waals surface area (Å²) >= 11 is 8.83. The molecule has 0 saturated heterocycles. The van der Waals surface area contributed by atoms with E-state index in [9.17, 15) is 9.59 Å². The van der Waals surface area contributed by atoms with Gasteiger partial charge in [-0.15, -0.1) is 0 Å². The molecule has 5 nitrogen and oxygen atoms in total. The van der Waals surface area contributed by atoms with Crippen molar-refractivity contribution in [3.8, 4) is 5.75 Å². The molecule has 1 aromatic rings. The molecular formula is C24H29NO4S3. The number of rotatable bonds is 6. The Balaban J connectivity index is 2.15. The van der Waals surface area contributed by atoms with Crippen LogP contribution in [0.4, 0.5) is 5.69 Å². The number of esters is 1. The van der Waals surface area contributed by atoms with E-state index < -0.39 is 5.54 Å². The zero-order valence-corrected chi connectivity index (χ0v) is 21.8. The Hall–Kier alpha value is -1.77. The molecule has 2 heterocycles. The van der Waals surface area contributed by atoms with Crippen molar-refractivity contribution in [2.24, 2.45) is 5.92 Å². The summed E-state index contributed by atoms with van der Waals surface area (Å²) in [6.07, 6.45) is 0.433. The number of hydrogen-bond acceptors (Lipinski definition) is 7. The second-order valence-corrected chi connectivity index (χ2v) is 11.0. The molecule has 0 fully saturated rings. The van der Waals surface area contributed by atoms with Crippen LogP contribution in [0.2, 0.25) is 0 Å². The maximum absolute atomic E-state index is 13.3. The van der Waals surface area contributed by atoms with Crippen LogP contribution < -0.4 is 9.64 Å². The number of hydrogen-bond donors (Lipinski definition) is 0. The Morgan fingerprint density at radius 3 is 2.53 bits per heavy atom. The zero-order chi connectivity index (χ0) is 23.6. The number of ether oxygens (including phenoxy) is 2. The van der Waals surface area contributed by atoms with Crippen molar-refractivity contribution >= 4 is 63.7 Å². The summed E-state index contributed by atoms with van der Waals surface area (Å²) in [6.45, 7) is 12.6. The first-order valence-electron chi connectivity index (χ1n) is 10.7. The number of carbonyl (C=O) groups excluding carboxylic acids is 2. The topological polar surface area (TPSA) is 55.8 Å². The average Bonchev–Trinajstić information content (AvgIpc) is 3.19. The summed E-state index contributed by atoms with van der Waals surface area (Å²) < 4.78 is 11.8. The number of fused-ring (bicyclic) bond motifs is 1. The lowest BCUT2D eigenvalue weighted by Gasteiger charge is -2.45. The molecule has 32 heavy (non-hydrogen) atoms. The van der Waals surface area contributed by atoms with Crippen molar-refractivity contribution in [3.05, 3.63) is 38.3 Å². The van der Waals surface area contributed by atoms with Crippen LogP contribution in [0.3, 0.4) is 0 Å². The summed E-state index contributed by atoms with van der Waals surface area (Å²) in [6, 6.07) is 5.77. The van der Waals surface area contributed by atoms with Gasteiger partial charge in [-0.2, -0.15) is 0 Å². The van der Waals surface area contributed by atoms with Gasteiger partial charge in [0.25, 0.3) is 0 Å². The molecule has 1 aromatic carbocycles. The lowest BCUT2D eigenvalue weighted by atomic mass is 9.82. The van der Waals surface area contributed by atoms with E-state index in [2.05, 4.69) is 0 Å². The maximum Gasteiger partial charge on any atom is 0.345 e. The molecule has 0 saturated carbocycles. The zero-order valence-electron chi connectivity index (χ0n) is 19.3.